The van der Waals surface area contributed by atoms with E-state index >= 15 is 0 Å². The van der Waals surface area contributed by atoms with E-state index in [1.165, 1.54) is 5.39 Å². The van der Waals surface area contributed by atoms with Crippen LogP contribution in [0.1, 0.15) is 5.56 Å². The van der Waals surface area contributed by atoms with Gasteiger partial charge >= 0.3 is 5.97 Å². The van der Waals surface area contributed by atoms with Gasteiger partial charge in [-0.1, -0.05) is 42.5 Å². The average Bonchev–Trinajstić information content (AvgIpc) is 2.37. The Morgan fingerprint density at radius 3 is 2.65 bits per heavy atom. The van der Waals surface area contributed by atoms with Crippen molar-refractivity contribution in [1.29, 1.82) is 0 Å². The molecule has 0 fully saturated rings. The summed E-state index contributed by atoms with van der Waals surface area (Å²) in [6, 6.07) is 13.6. The molecular weight excluding hydrogens is 329 g/mol. The normalized spacial score (nSPS) is 12.4. The zero-order chi connectivity index (χ0) is 12.3. The molecule has 2 N–H and O–H groups in total. The van der Waals surface area contributed by atoms with Crippen LogP contribution in [-0.2, 0) is 14.3 Å². The summed E-state index contributed by atoms with van der Waals surface area (Å²) in [5, 5.41) is 2.33. The van der Waals surface area contributed by atoms with E-state index in [4.69, 9.17) is 5.73 Å². The highest BCUT2D eigenvalue weighted by molar-refractivity contribution is 14.1. The topological polar surface area (TPSA) is 52.3 Å². The van der Waals surface area contributed by atoms with Gasteiger partial charge in [0, 0.05) is 0 Å². The van der Waals surface area contributed by atoms with Crippen LogP contribution in [0.3, 0.4) is 0 Å². The Morgan fingerprint density at radius 1 is 1.24 bits per heavy atom. The van der Waals surface area contributed by atoms with Gasteiger partial charge in [0.05, 0.1) is 0 Å². The van der Waals surface area contributed by atoms with Crippen LogP contribution in [0.4, 0.5) is 0 Å². The van der Waals surface area contributed by atoms with Crippen LogP contribution < -0.4 is 5.73 Å². The van der Waals surface area contributed by atoms with Crippen molar-refractivity contribution in [3.05, 3.63) is 48.0 Å². The van der Waals surface area contributed by atoms with Crippen LogP contribution in [0, 0.1) is 0 Å². The summed E-state index contributed by atoms with van der Waals surface area (Å²) in [5.74, 6) is -0.390. The molecule has 2 aromatic carbocycles. The van der Waals surface area contributed by atoms with Crippen molar-refractivity contribution in [3.8, 4) is 0 Å². The van der Waals surface area contributed by atoms with Gasteiger partial charge in [-0.25, -0.2) is 4.79 Å². The summed E-state index contributed by atoms with van der Waals surface area (Å²) in [6.07, 6.45) is 0.493. The summed E-state index contributed by atoms with van der Waals surface area (Å²) in [5.41, 5.74) is 6.76. The molecule has 0 aliphatic heterocycles. The van der Waals surface area contributed by atoms with Crippen LogP contribution in [0.25, 0.3) is 10.8 Å². The van der Waals surface area contributed by atoms with Crippen LogP contribution in [0.2, 0.25) is 0 Å². The van der Waals surface area contributed by atoms with Crippen molar-refractivity contribution in [1.82, 2.24) is 0 Å². The molecule has 4 heteroatoms. The number of rotatable bonds is 3. The van der Waals surface area contributed by atoms with Crippen LogP contribution in [0.15, 0.2) is 42.5 Å². The molecule has 0 saturated heterocycles. The fourth-order valence-corrected chi connectivity index (χ4v) is 2.09. The molecule has 0 spiro atoms. The highest BCUT2D eigenvalue weighted by Gasteiger charge is 2.14. The van der Waals surface area contributed by atoms with Crippen molar-refractivity contribution >= 4 is 39.7 Å². The molecule has 3 nitrogen and oxygen atoms in total. The van der Waals surface area contributed by atoms with E-state index in [9.17, 15) is 4.79 Å². The molecule has 0 heterocycles. The third-order valence-electron chi connectivity index (χ3n) is 2.65. The zero-order valence-electron chi connectivity index (χ0n) is 9.10. The fourth-order valence-electron chi connectivity index (χ4n) is 1.76. The van der Waals surface area contributed by atoms with Gasteiger partial charge in [-0.05, 0) is 22.8 Å². The van der Waals surface area contributed by atoms with Crippen LogP contribution >= 0.6 is 23.0 Å². The van der Waals surface area contributed by atoms with E-state index in [0.717, 1.165) is 10.9 Å². The predicted molar refractivity (Wildman–Crippen MR) is 75.7 cm³/mol. The number of benzene rings is 2. The lowest BCUT2D eigenvalue weighted by Crippen LogP contribution is -2.32. The number of hydrogen-bond acceptors (Lipinski definition) is 3. The SMILES string of the molecule is NC(Cc1ccc2ccccc2c1)C(=O)OI. The highest BCUT2D eigenvalue weighted by atomic mass is 127. The van der Waals surface area contributed by atoms with Crippen molar-refractivity contribution in [2.45, 2.75) is 12.5 Å². The quantitative estimate of drug-likeness (QED) is 0.874. The van der Waals surface area contributed by atoms with Gasteiger partial charge < -0.3 is 8.80 Å². The van der Waals surface area contributed by atoms with Crippen LogP contribution in [-0.4, -0.2) is 12.0 Å². The minimum atomic E-state index is -0.604. The van der Waals surface area contributed by atoms with Crippen molar-refractivity contribution in [2.75, 3.05) is 0 Å². The van der Waals surface area contributed by atoms with E-state index in [0.29, 0.717) is 6.42 Å². The fraction of sp³-hybridized carbons (Fsp3) is 0.154. The standard InChI is InChI=1S/C13H12INO2/c14-17-13(16)12(15)8-9-5-6-10-3-1-2-4-11(10)7-9/h1-7,12H,8,15H2. The monoisotopic (exact) mass is 341 g/mol. The molecule has 2 aromatic rings. The maximum atomic E-state index is 11.2. The summed E-state index contributed by atoms with van der Waals surface area (Å²) in [4.78, 5) is 11.2. The zero-order valence-corrected chi connectivity index (χ0v) is 11.3. The van der Waals surface area contributed by atoms with E-state index in [2.05, 4.69) is 15.2 Å². The number of carbonyl (C=O) groups is 1. The molecule has 17 heavy (non-hydrogen) atoms. The maximum absolute atomic E-state index is 11.2. The van der Waals surface area contributed by atoms with Gasteiger partial charge in [0.1, 0.15) is 6.04 Å². The molecule has 0 amide bonds. The lowest BCUT2D eigenvalue weighted by molar-refractivity contribution is -0.132. The average molecular weight is 341 g/mol. The minimum absolute atomic E-state index is 0.390. The molecule has 0 radical (unpaired) electrons. The predicted octanol–water partition coefficient (Wildman–Crippen LogP) is 2.60. The summed E-state index contributed by atoms with van der Waals surface area (Å²) in [6.45, 7) is 0. The second kappa shape index (κ2) is 5.46. The number of hydrogen-bond donors (Lipinski definition) is 1. The molecule has 0 aliphatic rings. The van der Waals surface area contributed by atoms with E-state index in [-0.39, 0.29) is 0 Å². The lowest BCUT2D eigenvalue weighted by Gasteiger charge is -2.08. The van der Waals surface area contributed by atoms with Crippen LogP contribution in [0.5, 0.6) is 0 Å². The minimum Gasteiger partial charge on any atom is -0.393 e. The Hall–Kier alpha value is -1.14. The molecular formula is C13H12INO2. The number of halogens is 1. The summed E-state index contributed by atoms with van der Waals surface area (Å²) < 4.78 is 4.58. The summed E-state index contributed by atoms with van der Waals surface area (Å²) >= 11 is 1.56. The molecule has 1 unspecified atom stereocenters. The first-order chi connectivity index (χ1) is 8.20. The van der Waals surface area contributed by atoms with Crippen molar-refractivity contribution in [2.24, 2.45) is 5.73 Å². The number of carbonyl (C=O) groups excluding carboxylic acids is 1. The van der Waals surface area contributed by atoms with E-state index < -0.39 is 12.0 Å². The van der Waals surface area contributed by atoms with Crippen molar-refractivity contribution < 1.29 is 7.86 Å². The third kappa shape index (κ3) is 2.95. The van der Waals surface area contributed by atoms with Gasteiger partial charge in [0.2, 0.25) is 0 Å². The second-order valence-electron chi connectivity index (χ2n) is 3.89. The first-order valence-corrected chi connectivity index (χ1v) is 6.14. The van der Waals surface area contributed by atoms with Gasteiger partial charge in [-0.2, -0.15) is 0 Å². The Balaban J connectivity index is 2.22. The smallest absolute Gasteiger partial charge is 0.332 e. The Labute approximate surface area is 114 Å². The van der Waals surface area contributed by atoms with E-state index in [1.54, 1.807) is 23.0 Å². The Morgan fingerprint density at radius 2 is 1.94 bits per heavy atom. The molecule has 0 saturated carbocycles. The van der Waals surface area contributed by atoms with Gasteiger partial charge in [-0.15, -0.1) is 0 Å². The maximum Gasteiger partial charge on any atom is 0.332 e. The number of fused-ring (bicyclic) bond motifs is 1. The lowest BCUT2D eigenvalue weighted by atomic mass is 10.0. The van der Waals surface area contributed by atoms with Gasteiger partial charge in [0.25, 0.3) is 0 Å². The molecule has 0 aliphatic carbocycles. The third-order valence-corrected chi connectivity index (χ3v) is 3.08. The molecule has 1 atom stereocenters. The van der Waals surface area contributed by atoms with Gasteiger partial charge in [0.15, 0.2) is 23.0 Å². The molecule has 0 bridgehead atoms. The highest BCUT2D eigenvalue weighted by Crippen LogP contribution is 2.16. The molecule has 0 aromatic heterocycles. The van der Waals surface area contributed by atoms with E-state index in [1.807, 2.05) is 30.3 Å². The largest absolute Gasteiger partial charge is 0.393 e. The first-order valence-electron chi connectivity index (χ1n) is 5.26. The summed E-state index contributed by atoms with van der Waals surface area (Å²) in [7, 11) is 0. The second-order valence-corrected chi connectivity index (χ2v) is 4.33. The molecule has 2 rings (SSSR count). The van der Waals surface area contributed by atoms with Gasteiger partial charge in [-0.3, -0.25) is 0 Å². The molecule has 88 valence electrons. The Kier molecular flexibility index (Phi) is 3.96. The Bertz CT molecular complexity index is 542. The first kappa shape index (κ1) is 12.3. The van der Waals surface area contributed by atoms with Crippen molar-refractivity contribution in [3.63, 3.8) is 0 Å². The number of nitrogens with two attached hydrogens (primary N) is 1.